The zero-order valence-electron chi connectivity index (χ0n) is 10.8. The highest BCUT2D eigenvalue weighted by Crippen LogP contribution is 2.33. The van der Waals surface area contributed by atoms with Crippen molar-refractivity contribution in [2.24, 2.45) is 4.99 Å². The molecule has 92 valence electrons. The maximum absolute atomic E-state index is 4.85. The molecule has 0 bridgehead atoms. The second-order valence-corrected chi connectivity index (χ2v) is 5.42. The molecule has 1 aromatic heterocycles. The van der Waals surface area contributed by atoms with E-state index < -0.39 is 0 Å². The van der Waals surface area contributed by atoms with Crippen molar-refractivity contribution in [3.05, 3.63) is 35.5 Å². The normalized spacial score (nSPS) is 22.0. The van der Waals surface area contributed by atoms with E-state index in [1.165, 1.54) is 28.0 Å². The fraction of sp³-hybridized carbons (Fsp3) is 0.400. The van der Waals surface area contributed by atoms with Crippen LogP contribution in [-0.4, -0.2) is 34.9 Å². The molecule has 3 nitrogen and oxygen atoms in total. The van der Waals surface area contributed by atoms with Crippen LogP contribution in [0.5, 0.6) is 0 Å². The molecule has 1 aromatic carbocycles. The van der Waals surface area contributed by atoms with Gasteiger partial charge in [0, 0.05) is 31.0 Å². The lowest BCUT2D eigenvalue weighted by atomic mass is 9.99. The first-order chi connectivity index (χ1) is 8.75. The highest BCUT2D eigenvalue weighted by molar-refractivity contribution is 6.06. The molecule has 0 saturated heterocycles. The number of fused-ring (bicyclic) bond motifs is 3. The molecule has 1 unspecified atom stereocenters. The average Bonchev–Trinajstić information content (AvgIpc) is 2.69. The first-order valence-corrected chi connectivity index (χ1v) is 6.65. The lowest BCUT2D eigenvalue weighted by Crippen LogP contribution is -2.40. The van der Waals surface area contributed by atoms with Gasteiger partial charge in [-0.05, 0) is 25.0 Å². The molecule has 2 aliphatic rings. The lowest BCUT2D eigenvalue weighted by molar-refractivity contribution is 0.430. The van der Waals surface area contributed by atoms with Crippen LogP contribution in [-0.2, 0) is 13.0 Å². The van der Waals surface area contributed by atoms with Gasteiger partial charge in [0.2, 0.25) is 0 Å². The molecule has 3 heterocycles. The minimum absolute atomic E-state index is 0.396. The van der Waals surface area contributed by atoms with Crippen molar-refractivity contribution in [1.29, 1.82) is 0 Å². The van der Waals surface area contributed by atoms with E-state index in [1.807, 2.05) is 0 Å². The maximum Gasteiger partial charge on any atom is 0.148 e. The fourth-order valence-electron chi connectivity index (χ4n) is 3.32. The molecule has 1 atom stereocenters. The Kier molecular flexibility index (Phi) is 1.91. The molecule has 4 rings (SSSR count). The summed E-state index contributed by atoms with van der Waals surface area (Å²) in [7, 11) is 2.15. The minimum atomic E-state index is 0.396. The lowest BCUT2D eigenvalue weighted by Gasteiger charge is -2.32. The molecule has 0 N–H and O–H groups in total. The molecule has 0 saturated carbocycles. The van der Waals surface area contributed by atoms with E-state index in [1.54, 1.807) is 0 Å². The van der Waals surface area contributed by atoms with E-state index in [9.17, 15) is 0 Å². The van der Waals surface area contributed by atoms with Crippen LogP contribution >= 0.6 is 0 Å². The summed E-state index contributed by atoms with van der Waals surface area (Å²) in [6.07, 6.45) is 1.07. The predicted molar refractivity (Wildman–Crippen MR) is 74.3 cm³/mol. The second-order valence-electron chi connectivity index (χ2n) is 5.42. The molecule has 0 aliphatic carbocycles. The maximum atomic E-state index is 4.85. The van der Waals surface area contributed by atoms with Crippen LogP contribution in [0, 0.1) is 0 Å². The van der Waals surface area contributed by atoms with Gasteiger partial charge in [0.15, 0.2) is 0 Å². The van der Waals surface area contributed by atoms with E-state index in [2.05, 4.69) is 47.7 Å². The molecule has 0 amide bonds. The molecular formula is C15H17N3. The molecule has 18 heavy (non-hydrogen) atoms. The Labute approximate surface area is 107 Å². The summed E-state index contributed by atoms with van der Waals surface area (Å²) in [6, 6.07) is 9.17. The predicted octanol–water partition coefficient (Wildman–Crippen LogP) is 2.28. The van der Waals surface area contributed by atoms with Gasteiger partial charge in [-0.3, -0.25) is 4.99 Å². The topological polar surface area (TPSA) is 20.5 Å². The summed E-state index contributed by atoms with van der Waals surface area (Å²) in [5.74, 6) is 1.19. The molecule has 3 heteroatoms. The minimum Gasteiger partial charge on any atom is -0.356 e. The van der Waals surface area contributed by atoms with E-state index in [0.29, 0.717) is 6.04 Å². The van der Waals surface area contributed by atoms with Gasteiger partial charge in [-0.1, -0.05) is 18.2 Å². The summed E-state index contributed by atoms with van der Waals surface area (Å²) in [5, 5.41) is 1.42. The van der Waals surface area contributed by atoms with Crippen LogP contribution < -0.4 is 0 Å². The first-order valence-electron chi connectivity index (χ1n) is 6.65. The van der Waals surface area contributed by atoms with Crippen LogP contribution in [0.1, 0.15) is 18.2 Å². The fourth-order valence-corrected chi connectivity index (χ4v) is 3.32. The van der Waals surface area contributed by atoms with E-state index in [4.69, 9.17) is 4.99 Å². The van der Waals surface area contributed by atoms with Gasteiger partial charge in [-0.2, -0.15) is 0 Å². The summed E-state index contributed by atoms with van der Waals surface area (Å²) in [5.41, 5.74) is 4.23. The Bertz CT molecular complexity index is 666. The van der Waals surface area contributed by atoms with E-state index in [-0.39, 0.29) is 0 Å². The van der Waals surface area contributed by atoms with Gasteiger partial charge in [0.25, 0.3) is 0 Å². The van der Waals surface area contributed by atoms with Gasteiger partial charge < -0.3 is 9.47 Å². The largest absolute Gasteiger partial charge is 0.356 e. The Balaban J connectivity index is 2.12. The van der Waals surface area contributed by atoms with Gasteiger partial charge in [0.1, 0.15) is 5.84 Å². The van der Waals surface area contributed by atoms with Crippen molar-refractivity contribution in [1.82, 2.24) is 9.47 Å². The van der Waals surface area contributed by atoms with E-state index >= 15 is 0 Å². The van der Waals surface area contributed by atoms with Crippen LogP contribution in [0.25, 0.3) is 10.9 Å². The Morgan fingerprint density at radius 2 is 2.06 bits per heavy atom. The number of benzene rings is 1. The van der Waals surface area contributed by atoms with Crippen molar-refractivity contribution in [2.75, 3.05) is 13.6 Å². The Morgan fingerprint density at radius 1 is 1.22 bits per heavy atom. The number of aromatic nitrogens is 1. The highest BCUT2D eigenvalue weighted by Gasteiger charge is 2.30. The second kappa shape index (κ2) is 3.37. The quantitative estimate of drug-likeness (QED) is 0.690. The van der Waals surface area contributed by atoms with E-state index in [0.717, 1.165) is 19.5 Å². The standard InChI is InChI=1S/C15H17N3/c1-10-9-12-11-5-3-4-6-13(11)18-8-7-17(2)15(16-10)14(12)18/h3-6,10H,7-9H2,1-2H3. The average molecular weight is 239 g/mol. The first kappa shape index (κ1) is 10.2. The number of hydrogen-bond acceptors (Lipinski definition) is 2. The molecule has 2 aromatic rings. The summed E-state index contributed by atoms with van der Waals surface area (Å²) in [6.45, 7) is 4.33. The third-order valence-corrected chi connectivity index (χ3v) is 4.15. The molecular weight excluding hydrogens is 222 g/mol. The smallest absolute Gasteiger partial charge is 0.148 e. The van der Waals surface area contributed by atoms with Crippen molar-refractivity contribution in [2.45, 2.75) is 25.9 Å². The summed E-state index contributed by atoms with van der Waals surface area (Å²) < 4.78 is 2.45. The zero-order chi connectivity index (χ0) is 12.3. The molecule has 0 radical (unpaired) electrons. The number of para-hydroxylation sites is 1. The van der Waals surface area contributed by atoms with Gasteiger partial charge in [-0.15, -0.1) is 0 Å². The summed E-state index contributed by atoms with van der Waals surface area (Å²) in [4.78, 5) is 7.15. The monoisotopic (exact) mass is 239 g/mol. The molecule has 0 fully saturated rings. The van der Waals surface area contributed by atoms with Crippen LogP contribution in [0.4, 0.5) is 0 Å². The van der Waals surface area contributed by atoms with Crippen LogP contribution in [0.15, 0.2) is 29.3 Å². The molecule has 0 spiro atoms. The number of aliphatic imine (C=N–C) groups is 1. The van der Waals surface area contributed by atoms with Gasteiger partial charge in [0.05, 0.1) is 11.7 Å². The number of likely N-dealkylation sites (N-methyl/N-ethyl adjacent to an activating group) is 1. The Morgan fingerprint density at radius 3 is 2.94 bits per heavy atom. The third kappa shape index (κ3) is 1.17. The number of nitrogens with zero attached hydrogens (tertiary/aromatic N) is 3. The van der Waals surface area contributed by atoms with Crippen molar-refractivity contribution >= 4 is 16.7 Å². The third-order valence-electron chi connectivity index (χ3n) is 4.15. The van der Waals surface area contributed by atoms with Gasteiger partial charge in [-0.25, -0.2) is 0 Å². The summed E-state index contributed by atoms with van der Waals surface area (Å²) >= 11 is 0. The van der Waals surface area contributed by atoms with Crippen molar-refractivity contribution in [3.8, 4) is 0 Å². The number of rotatable bonds is 0. The molecule has 2 aliphatic heterocycles. The number of amidine groups is 1. The highest BCUT2D eigenvalue weighted by atomic mass is 15.2. The van der Waals surface area contributed by atoms with Gasteiger partial charge >= 0.3 is 0 Å². The SMILES string of the molecule is CC1Cc2c3n(c4ccccc24)CCN(C)C3=N1. The zero-order valence-corrected chi connectivity index (χ0v) is 10.8. The van der Waals surface area contributed by atoms with Crippen LogP contribution in [0.2, 0.25) is 0 Å². The van der Waals surface area contributed by atoms with Crippen molar-refractivity contribution < 1.29 is 0 Å². The Hall–Kier alpha value is -1.77. The number of hydrogen-bond donors (Lipinski definition) is 0. The van der Waals surface area contributed by atoms with Crippen LogP contribution in [0.3, 0.4) is 0 Å². The van der Waals surface area contributed by atoms with Crippen molar-refractivity contribution in [3.63, 3.8) is 0 Å².